The van der Waals surface area contributed by atoms with Gasteiger partial charge in [-0.3, -0.25) is 4.79 Å². The van der Waals surface area contributed by atoms with Crippen LogP contribution in [-0.4, -0.2) is 26.6 Å². The van der Waals surface area contributed by atoms with Gasteiger partial charge in [0, 0.05) is 22.7 Å². The van der Waals surface area contributed by atoms with E-state index >= 15 is 0 Å². The number of hydrogen-bond donors (Lipinski definition) is 3. The number of aryl methyl sites for hydroxylation is 1. The molecule has 0 saturated carbocycles. The molecule has 3 aromatic rings. The Bertz CT molecular complexity index is 891. The number of hydrogen-bond acceptors (Lipinski definition) is 8. The van der Waals surface area contributed by atoms with Crippen LogP contribution in [0, 0.1) is 6.92 Å². The second kappa shape index (κ2) is 7.49. The van der Waals surface area contributed by atoms with Crippen molar-refractivity contribution in [2.75, 3.05) is 22.5 Å². The van der Waals surface area contributed by atoms with Crippen LogP contribution in [0.3, 0.4) is 0 Å². The maximum absolute atomic E-state index is 12.1. The van der Waals surface area contributed by atoms with Gasteiger partial charge >= 0.3 is 0 Å². The summed E-state index contributed by atoms with van der Waals surface area (Å²) in [5, 5.41) is 6.23. The molecule has 7 nitrogen and oxygen atoms in total. The summed E-state index contributed by atoms with van der Waals surface area (Å²) in [6, 6.07) is 9.04. The number of anilines is 3. The SMILES string of the molecule is Cc1nc(-c2cccc(NC(=O)CSc3nc(N)cc(N)n3)c2)cs1. The van der Waals surface area contributed by atoms with E-state index in [9.17, 15) is 4.79 Å². The Labute approximate surface area is 152 Å². The fourth-order valence-corrected chi connectivity index (χ4v) is 3.40. The fraction of sp³-hybridized carbons (Fsp3) is 0.125. The largest absolute Gasteiger partial charge is 0.383 e. The summed E-state index contributed by atoms with van der Waals surface area (Å²) in [4.78, 5) is 24.7. The van der Waals surface area contributed by atoms with Gasteiger partial charge in [0.2, 0.25) is 5.91 Å². The number of benzene rings is 1. The summed E-state index contributed by atoms with van der Waals surface area (Å²) in [7, 11) is 0. The maximum atomic E-state index is 12.1. The molecule has 1 amide bonds. The minimum absolute atomic E-state index is 0.156. The first-order chi connectivity index (χ1) is 12.0. The molecule has 2 heterocycles. The number of nitrogens with two attached hydrogens (primary N) is 2. The fourth-order valence-electron chi connectivity index (χ4n) is 2.11. The number of nitrogen functional groups attached to an aromatic ring is 2. The monoisotopic (exact) mass is 372 g/mol. The third-order valence-electron chi connectivity index (χ3n) is 3.14. The van der Waals surface area contributed by atoms with Crippen molar-refractivity contribution in [3.8, 4) is 11.3 Å². The highest BCUT2D eigenvalue weighted by molar-refractivity contribution is 7.99. The molecule has 0 spiro atoms. The van der Waals surface area contributed by atoms with Gasteiger partial charge in [0.15, 0.2) is 5.16 Å². The van der Waals surface area contributed by atoms with Crippen molar-refractivity contribution in [1.82, 2.24) is 15.0 Å². The smallest absolute Gasteiger partial charge is 0.234 e. The van der Waals surface area contributed by atoms with E-state index in [2.05, 4.69) is 20.3 Å². The predicted octanol–water partition coefficient (Wildman–Crippen LogP) is 2.80. The standard InChI is InChI=1S/C16H16N6OS2/c1-9-19-12(7-24-9)10-3-2-4-11(5-10)20-15(23)8-25-16-21-13(17)6-14(18)22-16/h2-7H,8H2,1H3,(H,20,23)(H4,17,18,21,22). The summed E-state index contributed by atoms with van der Waals surface area (Å²) in [5.41, 5.74) is 13.8. The van der Waals surface area contributed by atoms with Crippen molar-refractivity contribution in [3.05, 3.63) is 40.7 Å². The van der Waals surface area contributed by atoms with Crippen LogP contribution in [0.2, 0.25) is 0 Å². The zero-order valence-electron chi connectivity index (χ0n) is 13.4. The first-order valence-corrected chi connectivity index (χ1v) is 9.21. The van der Waals surface area contributed by atoms with E-state index in [4.69, 9.17) is 11.5 Å². The third kappa shape index (κ3) is 4.68. The first-order valence-electron chi connectivity index (χ1n) is 7.35. The Morgan fingerprint density at radius 1 is 1.20 bits per heavy atom. The van der Waals surface area contributed by atoms with Gasteiger partial charge in [0.25, 0.3) is 0 Å². The molecular weight excluding hydrogens is 356 g/mol. The summed E-state index contributed by atoms with van der Waals surface area (Å²) >= 11 is 2.77. The second-order valence-electron chi connectivity index (χ2n) is 5.17. The van der Waals surface area contributed by atoms with Crippen LogP contribution in [0.5, 0.6) is 0 Å². The van der Waals surface area contributed by atoms with Crippen molar-refractivity contribution in [2.45, 2.75) is 12.1 Å². The van der Waals surface area contributed by atoms with Gasteiger partial charge in [-0.25, -0.2) is 15.0 Å². The lowest BCUT2D eigenvalue weighted by atomic mass is 10.1. The minimum Gasteiger partial charge on any atom is -0.383 e. The highest BCUT2D eigenvalue weighted by Gasteiger charge is 2.08. The van der Waals surface area contributed by atoms with E-state index < -0.39 is 0 Å². The Hall–Kier alpha value is -2.65. The third-order valence-corrected chi connectivity index (χ3v) is 4.76. The minimum atomic E-state index is -0.166. The molecule has 128 valence electrons. The molecule has 0 aliphatic carbocycles. The van der Waals surface area contributed by atoms with Gasteiger partial charge in [-0.2, -0.15) is 0 Å². The van der Waals surface area contributed by atoms with Crippen LogP contribution in [0.15, 0.2) is 40.9 Å². The van der Waals surface area contributed by atoms with Crippen molar-refractivity contribution in [1.29, 1.82) is 0 Å². The quantitative estimate of drug-likeness (QED) is 0.465. The van der Waals surface area contributed by atoms with Gasteiger partial charge in [-0.05, 0) is 19.1 Å². The molecule has 0 aliphatic heterocycles. The number of thiazole rings is 1. The van der Waals surface area contributed by atoms with E-state index in [1.807, 2.05) is 36.6 Å². The molecule has 5 N–H and O–H groups in total. The van der Waals surface area contributed by atoms with Crippen LogP contribution >= 0.6 is 23.1 Å². The zero-order valence-corrected chi connectivity index (χ0v) is 15.0. The molecule has 0 bridgehead atoms. The Balaban J connectivity index is 1.63. The summed E-state index contributed by atoms with van der Waals surface area (Å²) in [6.07, 6.45) is 0. The molecule has 9 heteroatoms. The van der Waals surface area contributed by atoms with Crippen LogP contribution in [0.1, 0.15) is 5.01 Å². The lowest BCUT2D eigenvalue weighted by molar-refractivity contribution is -0.113. The number of carbonyl (C=O) groups excluding carboxylic acids is 1. The van der Waals surface area contributed by atoms with Crippen molar-refractivity contribution < 1.29 is 4.79 Å². The van der Waals surface area contributed by atoms with Gasteiger partial charge in [-0.15, -0.1) is 11.3 Å². The van der Waals surface area contributed by atoms with E-state index in [-0.39, 0.29) is 23.3 Å². The lowest BCUT2D eigenvalue weighted by Crippen LogP contribution is -2.14. The molecule has 0 unspecified atom stereocenters. The predicted molar refractivity (Wildman–Crippen MR) is 102 cm³/mol. The molecule has 25 heavy (non-hydrogen) atoms. The highest BCUT2D eigenvalue weighted by Crippen LogP contribution is 2.24. The Kier molecular flexibility index (Phi) is 5.15. The topological polar surface area (TPSA) is 120 Å². The van der Waals surface area contributed by atoms with E-state index in [0.29, 0.717) is 10.8 Å². The lowest BCUT2D eigenvalue weighted by Gasteiger charge is -2.07. The molecular formula is C16H16N6OS2. The van der Waals surface area contributed by atoms with Crippen LogP contribution in [0.4, 0.5) is 17.3 Å². The molecule has 0 atom stereocenters. The van der Waals surface area contributed by atoms with Gasteiger partial charge in [0.1, 0.15) is 11.6 Å². The number of aromatic nitrogens is 3. The molecule has 0 fully saturated rings. The number of thioether (sulfide) groups is 1. The molecule has 0 radical (unpaired) electrons. The van der Waals surface area contributed by atoms with Crippen molar-refractivity contribution in [2.24, 2.45) is 0 Å². The number of rotatable bonds is 5. The maximum Gasteiger partial charge on any atom is 0.234 e. The molecule has 2 aromatic heterocycles. The number of carbonyl (C=O) groups is 1. The molecule has 3 rings (SSSR count). The van der Waals surface area contributed by atoms with Crippen LogP contribution in [-0.2, 0) is 4.79 Å². The average molecular weight is 372 g/mol. The summed E-state index contributed by atoms with van der Waals surface area (Å²) < 4.78 is 0. The Morgan fingerprint density at radius 3 is 2.64 bits per heavy atom. The first kappa shape index (κ1) is 17.2. The van der Waals surface area contributed by atoms with Gasteiger partial charge in [0.05, 0.1) is 16.5 Å². The molecule has 1 aromatic carbocycles. The van der Waals surface area contributed by atoms with E-state index in [1.54, 1.807) is 11.3 Å². The van der Waals surface area contributed by atoms with Crippen molar-refractivity contribution in [3.63, 3.8) is 0 Å². The van der Waals surface area contributed by atoms with Gasteiger partial charge < -0.3 is 16.8 Å². The van der Waals surface area contributed by atoms with E-state index in [1.165, 1.54) is 17.8 Å². The number of amides is 1. The number of nitrogens with zero attached hydrogens (tertiary/aromatic N) is 3. The van der Waals surface area contributed by atoms with Crippen LogP contribution in [0.25, 0.3) is 11.3 Å². The zero-order chi connectivity index (χ0) is 17.8. The highest BCUT2D eigenvalue weighted by atomic mass is 32.2. The normalized spacial score (nSPS) is 10.6. The Morgan fingerprint density at radius 2 is 1.96 bits per heavy atom. The van der Waals surface area contributed by atoms with Crippen molar-refractivity contribution >= 4 is 46.3 Å². The summed E-state index contributed by atoms with van der Waals surface area (Å²) in [5.74, 6) is 0.549. The van der Waals surface area contributed by atoms with Crippen LogP contribution < -0.4 is 16.8 Å². The second-order valence-corrected chi connectivity index (χ2v) is 7.17. The number of nitrogens with one attached hydrogen (secondary N) is 1. The molecule has 0 saturated heterocycles. The van der Waals surface area contributed by atoms with Gasteiger partial charge in [-0.1, -0.05) is 23.9 Å². The average Bonchev–Trinajstić information content (AvgIpc) is 2.99. The van der Waals surface area contributed by atoms with E-state index in [0.717, 1.165) is 16.3 Å². The summed E-state index contributed by atoms with van der Waals surface area (Å²) in [6.45, 7) is 1.96. The molecule has 0 aliphatic rings.